The van der Waals surface area contributed by atoms with E-state index in [1.54, 1.807) is 6.07 Å². The zero-order chi connectivity index (χ0) is 14.9. The molecule has 1 unspecified atom stereocenters. The normalized spacial score (nSPS) is 18.4. The van der Waals surface area contributed by atoms with Gasteiger partial charge in [0, 0.05) is 18.1 Å². The van der Waals surface area contributed by atoms with E-state index in [1.165, 1.54) is 6.07 Å². The number of carbonyl (C=O) groups is 1. The highest BCUT2D eigenvalue weighted by atomic mass is 19.1. The molecule has 110 valence electrons. The third-order valence-electron chi connectivity index (χ3n) is 3.96. The molecule has 0 fully saturated rings. The van der Waals surface area contributed by atoms with Gasteiger partial charge >= 0.3 is 5.97 Å². The molecule has 1 atom stereocenters. The van der Waals surface area contributed by atoms with Gasteiger partial charge in [-0.15, -0.1) is 0 Å². The number of fused-ring (bicyclic) bond motifs is 1. The second-order valence-electron chi connectivity index (χ2n) is 6.41. The molecule has 0 bridgehead atoms. The molecule has 1 aliphatic carbocycles. The van der Waals surface area contributed by atoms with Crippen LogP contribution in [0.5, 0.6) is 0 Å². The lowest BCUT2D eigenvalue weighted by atomic mass is 9.98. The van der Waals surface area contributed by atoms with E-state index >= 15 is 0 Å². The smallest absolute Gasteiger partial charge is 0.304 e. The highest BCUT2D eigenvalue weighted by Gasteiger charge is 2.34. The number of carboxylic acid groups (broad SMARTS) is 1. The molecule has 1 aromatic carbocycles. The van der Waals surface area contributed by atoms with E-state index in [0.717, 1.165) is 24.0 Å². The van der Waals surface area contributed by atoms with Crippen LogP contribution in [0, 0.1) is 5.82 Å². The predicted molar refractivity (Wildman–Crippen MR) is 76.2 cm³/mol. The lowest BCUT2D eigenvalue weighted by Crippen LogP contribution is -2.44. The van der Waals surface area contributed by atoms with E-state index in [9.17, 15) is 9.18 Å². The average Bonchev–Trinajstić information content (AvgIpc) is 2.70. The number of nitrogens with zero attached hydrogens (tertiary/aromatic N) is 1. The van der Waals surface area contributed by atoms with Crippen LogP contribution in [-0.4, -0.2) is 28.1 Å². The number of aliphatic carboxylic acids is 1. The predicted octanol–water partition coefficient (Wildman–Crippen LogP) is 3.39. The van der Waals surface area contributed by atoms with E-state index in [0.29, 0.717) is 6.54 Å². The summed E-state index contributed by atoms with van der Waals surface area (Å²) in [6.07, 6.45) is 1.91. The van der Waals surface area contributed by atoms with Crippen LogP contribution in [-0.2, 0) is 11.2 Å². The maximum Gasteiger partial charge on any atom is 0.304 e. The third kappa shape index (κ3) is 3.18. The van der Waals surface area contributed by atoms with Gasteiger partial charge in [0.15, 0.2) is 0 Å². The summed E-state index contributed by atoms with van der Waals surface area (Å²) in [6, 6.07) is 5.13. The highest BCUT2D eigenvalue weighted by Crippen LogP contribution is 2.39. The van der Waals surface area contributed by atoms with Crippen LogP contribution in [0.4, 0.5) is 4.39 Å². The van der Waals surface area contributed by atoms with Gasteiger partial charge in [0.2, 0.25) is 0 Å². The molecule has 0 saturated heterocycles. The first-order valence-electron chi connectivity index (χ1n) is 7.06. The van der Waals surface area contributed by atoms with Crippen molar-refractivity contribution >= 4 is 5.97 Å². The maximum absolute atomic E-state index is 13.3. The number of carboxylic acids is 1. The van der Waals surface area contributed by atoms with Crippen molar-refractivity contribution in [2.75, 3.05) is 6.54 Å². The summed E-state index contributed by atoms with van der Waals surface area (Å²) in [7, 11) is 0. The Morgan fingerprint density at radius 2 is 2.15 bits per heavy atom. The Labute approximate surface area is 119 Å². The molecule has 0 amide bonds. The van der Waals surface area contributed by atoms with Gasteiger partial charge < -0.3 is 5.11 Å². The summed E-state index contributed by atoms with van der Waals surface area (Å²) in [5.41, 5.74) is 2.09. The summed E-state index contributed by atoms with van der Waals surface area (Å²) < 4.78 is 13.3. The molecular weight excluding hydrogens is 257 g/mol. The zero-order valence-electron chi connectivity index (χ0n) is 12.3. The Morgan fingerprint density at radius 3 is 2.75 bits per heavy atom. The lowest BCUT2D eigenvalue weighted by Gasteiger charge is -2.40. The molecule has 0 aromatic heterocycles. The quantitative estimate of drug-likeness (QED) is 0.918. The molecule has 3 nitrogen and oxygen atoms in total. The van der Waals surface area contributed by atoms with E-state index in [2.05, 4.69) is 25.7 Å². The Morgan fingerprint density at radius 1 is 1.45 bits per heavy atom. The fourth-order valence-corrected chi connectivity index (χ4v) is 3.06. The zero-order valence-corrected chi connectivity index (χ0v) is 12.3. The SMILES string of the molecule is CC(C)(C)N(CCC(=O)O)C1CCc2cc(F)ccc21. The van der Waals surface area contributed by atoms with E-state index in [1.807, 2.05) is 6.07 Å². The minimum absolute atomic E-state index is 0.115. The number of benzene rings is 1. The van der Waals surface area contributed by atoms with Crippen molar-refractivity contribution < 1.29 is 14.3 Å². The number of aryl methyl sites for hydroxylation is 1. The first kappa shape index (κ1) is 15.0. The first-order chi connectivity index (χ1) is 9.29. The van der Waals surface area contributed by atoms with Crippen LogP contribution in [0.1, 0.15) is 50.8 Å². The topological polar surface area (TPSA) is 40.5 Å². The van der Waals surface area contributed by atoms with Crippen molar-refractivity contribution in [1.82, 2.24) is 4.90 Å². The number of hydrogen-bond donors (Lipinski definition) is 1. The van der Waals surface area contributed by atoms with Crippen molar-refractivity contribution in [3.63, 3.8) is 0 Å². The molecule has 20 heavy (non-hydrogen) atoms. The summed E-state index contributed by atoms with van der Waals surface area (Å²) in [6.45, 7) is 6.80. The fourth-order valence-electron chi connectivity index (χ4n) is 3.06. The molecule has 0 spiro atoms. The standard InChI is InChI=1S/C16H22FNO2/c1-16(2,3)18(9-8-15(19)20)14-7-4-11-10-12(17)5-6-13(11)14/h5-6,10,14H,4,7-9H2,1-3H3,(H,19,20). The fraction of sp³-hybridized carbons (Fsp3) is 0.562. The van der Waals surface area contributed by atoms with Crippen molar-refractivity contribution in [1.29, 1.82) is 0 Å². The van der Waals surface area contributed by atoms with Crippen molar-refractivity contribution in [3.05, 3.63) is 35.1 Å². The van der Waals surface area contributed by atoms with Crippen molar-refractivity contribution in [3.8, 4) is 0 Å². The molecular formula is C16H22FNO2. The van der Waals surface area contributed by atoms with Crippen LogP contribution in [0.3, 0.4) is 0 Å². The van der Waals surface area contributed by atoms with Gasteiger partial charge in [-0.25, -0.2) is 4.39 Å². The molecule has 0 heterocycles. The third-order valence-corrected chi connectivity index (χ3v) is 3.96. The van der Waals surface area contributed by atoms with E-state index in [-0.39, 0.29) is 23.8 Å². The number of rotatable bonds is 4. The lowest BCUT2D eigenvalue weighted by molar-refractivity contribution is -0.137. The van der Waals surface area contributed by atoms with Crippen molar-refractivity contribution in [2.24, 2.45) is 0 Å². The number of halogens is 1. The van der Waals surface area contributed by atoms with Gasteiger partial charge in [-0.1, -0.05) is 6.07 Å². The van der Waals surface area contributed by atoms with Gasteiger partial charge in [0.05, 0.1) is 6.42 Å². The van der Waals surface area contributed by atoms with Crippen LogP contribution in [0.2, 0.25) is 0 Å². The van der Waals surface area contributed by atoms with Crippen molar-refractivity contribution in [2.45, 2.75) is 51.6 Å². The highest BCUT2D eigenvalue weighted by molar-refractivity contribution is 5.66. The van der Waals surface area contributed by atoms with Crippen LogP contribution < -0.4 is 0 Å². The Hall–Kier alpha value is -1.42. The molecule has 1 aliphatic rings. The van der Waals surface area contributed by atoms with Gasteiger partial charge in [0.1, 0.15) is 5.82 Å². The molecule has 1 N–H and O–H groups in total. The van der Waals surface area contributed by atoms with E-state index < -0.39 is 5.97 Å². The summed E-state index contributed by atoms with van der Waals surface area (Å²) >= 11 is 0. The van der Waals surface area contributed by atoms with Gasteiger partial charge in [0.25, 0.3) is 0 Å². The monoisotopic (exact) mass is 279 g/mol. The summed E-state index contributed by atoms with van der Waals surface area (Å²) in [5, 5.41) is 8.93. The Bertz CT molecular complexity index is 508. The largest absolute Gasteiger partial charge is 0.481 e. The first-order valence-corrected chi connectivity index (χ1v) is 7.06. The average molecular weight is 279 g/mol. The van der Waals surface area contributed by atoms with Gasteiger partial charge in [-0.05, 0) is 56.9 Å². The second kappa shape index (κ2) is 5.52. The van der Waals surface area contributed by atoms with Gasteiger partial charge in [-0.3, -0.25) is 9.69 Å². The summed E-state index contributed by atoms with van der Waals surface area (Å²) in [5.74, 6) is -0.978. The summed E-state index contributed by atoms with van der Waals surface area (Å²) in [4.78, 5) is 13.1. The molecule has 4 heteroatoms. The van der Waals surface area contributed by atoms with Crippen LogP contribution >= 0.6 is 0 Å². The minimum atomic E-state index is -0.781. The Balaban J connectivity index is 2.26. The number of hydrogen-bond acceptors (Lipinski definition) is 2. The van der Waals surface area contributed by atoms with Crippen LogP contribution in [0.25, 0.3) is 0 Å². The van der Waals surface area contributed by atoms with Gasteiger partial charge in [-0.2, -0.15) is 0 Å². The molecule has 1 aromatic rings. The molecule has 2 rings (SSSR count). The molecule has 0 aliphatic heterocycles. The van der Waals surface area contributed by atoms with Crippen LogP contribution in [0.15, 0.2) is 18.2 Å². The second-order valence-corrected chi connectivity index (χ2v) is 6.41. The molecule has 0 saturated carbocycles. The maximum atomic E-state index is 13.3. The molecule has 0 radical (unpaired) electrons. The minimum Gasteiger partial charge on any atom is -0.481 e. The van der Waals surface area contributed by atoms with E-state index in [4.69, 9.17) is 5.11 Å². The Kier molecular flexibility index (Phi) is 4.14.